The van der Waals surface area contributed by atoms with Crippen molar-refractivity contribution >= 4 is 24.2 Å². The lowest BCUT2D eigenvalue weighted by atomic mass is 9.93. The Bertz CT molecular complexity index is 292. The van der Waals surface area contributed by atoms with Gasteiger partial charge in [0.25, 0.3) is 0 Å². The number of hydrogen-bond acceptors (Lipinski definition) is 3. The second kappa shape index (κ2) is 9.15. The Morgan fingerprint density at radius 1 is 1.11 bits per heavy atom. The lowest BCUT2D eigenvalue weighted by molar-refractivity contribution is -0.138. The minimum Gasteiger partial charge on any atom is -0.347 e. The Balaban J connectivity index is 0.00000324. The smallest absolute Gasteiger partial charge is 0.241 e. The van der Waals surface area contributed by atoms with E-state index in [1.54, 1.807) is 21.1 Å². The molecule has 6 heteroatoms. The van der Waals surface area contributed by atoms with Gasteiger partial charge in [-0.05, 0) is 38.3 Å². The molecular weight excluding hydrogens is 266 g/mol. The predicted octanol–water partition coefficient (Wildman–Crippen LogP) is 0.735. The number of amides is 2. The largest absolute Gasteiger partial charge is 0.347 e. The molecule has 19 heavy (non-hydrogen) atoms. The molecule has 0 radical (unpaired) electrons. The summed E-state index contributed by atoms with van der Waals surface area (Å²) in [5, 5.41) is 3.32. The zero-order chi connectivity index (χ0) is 13.5. The van der Waals surface area contributed by atoms with Gasteiger partial charge in [-0.25, -0.2) is 0 Å². The molecule has 1 rings (SSSR count). The van der Waals surface area contributed by atoms with Crippen molar-refractivity contribution in [3.63, 3.8) is 0 Å². The van der Waals surface area contributed by atoms with Crippen LogP contribution in [-0.4, -0.2) is 62.4 Å². The van der Waals surface area contributed by atoms with E-state index in [2.05, 4.69) is 5.32 Å². The first-order chi connectivity index (χ1) is 8.50. The quantitative estimate of drug-likeness (QED) is 0.813. The molecule has 1 aliphatic rings. The molecule has 1 N–H and O–H groups in total. The fourth-order valence-corrected chi connectivity index (χ4v) is 2.12. The summed E-state index contributed by atoms with van der Waals surface area (Å²) in [5.74, 6) is 0.699. The number of carbonyl (C=O) groups excluding carboxylic acids is 2. The number of rotatable bonds is 5. The Morgan fingerprint density at radius 2 is 1.68 bits per heavy atom. The van der Waals surface area contributed by atoms with Crippen LogP contribution in [0.25, 0.3) is 0 Å². The van der Waals surface area contributed by atoms with Crippen LogP contribution in [-0.2, 0) is 9.59 Å². The number of nitrogens with one attached hydrogen (secondary N) is 1. The van der Waals surface area contributed by atoms with Gasteiger partial charge in [0.15, 0.2) is 0 Å². The molecule has 0 aliphatic carbocycles. The Kier molecular flexibility index (Phi) is 8.76. The fourth-order valence-electron chi connectivity index (χ4n) is 2.12. The molecule has 0 aromatic heterocycles. The third-order valence-electron chi connectivity index (χ3n) is 3.52. The summed E-state index contributed by atoms with van der Waals surface area (Å²) >= 11 is 0. The highest BCUT2D eigenvalue weighted by Crippen LogP contribution is 2.18. The van der Waals surface area contributed by atoms with Crippen LogP contribution >= 0.6 is 12.4 Å². The second-order valence-corrected chi connectivity index (χ2v) is 5.27. The average molecular weight is 292 g/mol. The summed E-state index contributed by atoms with van der Waals surface area (Å²) in [6, 6.07) is 0. The zero-order valence-corrected chi connectivity index (χ0v) is 13.0. The monoisotopic (exact) mass is 291 g/mol. The minimum atomic E-state index is -0.0345. The molecule has 0 aromatic carbocycles. The number of likely N-dealkylation sites (N-methyl/N-ethyl adjacent to an activating group) is 2. The van der Waals surface area contributed by atoms with E-state index in [0.29, 0.717) is 12.3 Å². The van der Waals surface area contributed by atoms with Crippen LogP contribution < -0.4 is 5.32 Å². The highest BCUT2D eigenvalue weighted by Gasteiger charge is 2.17. The van der Waals surface area contributed by atoms with E-state index >= 15 is 0 Å². The molecule has 1 fully saturated rings. The number of nitrogens with zero attached hydrogens (tertiary/aromatic N) is 2. The highest BCUT2D eigenvalue weighted by molar-refractivity contribution is 5.85. The van der Waals surface area contributed by atoms with Crippen molar-refractivity contribution in [2.75, 3.05) is 40.8 Å². The fraction of sp³-hybridized carbons (Fsp3) is 0.846. The number of piperidine rings is 1. The van der Waals surface area contributed by atoms with E-state index < -0.39 is 0 Å². The first-order valence-corrected chi connectivity index (χ1v) is 6.65. The third kappa shape index (κ3) is 6.78. The van der Waals surface area contributed by atoms with Gasteiger partial charge in [-0.1, -0.05) is 0 Å². The third-order valence-corrected chi connectivity index (χ3v) is 3.52. The van der Waals surface area contributed by atoms with Crippen molar-refractivity contribution in [1.29, 1.82) is 0 Å². The average Bonchev–Trinajstić information content (AvgIpc) is 2.36. The molecule has 0 saturated carbocycles. The maximum Gasteiger partial charge on any atom is 0.241 e. The summed E-state index contributed by atoms with van der Waals surface area (Å²) < 4.78 is 0. The van der Waals surface area contributed by atoms with Crippen molar-refractivity contribution in [1.82, 2.24) is 15.1 Å². The van der Waals surface area contributed by atoms with Crippen molar-refractivity contribution in [3.05, 3.63) is 0 Å². The summed E-state index contributed by atoms with van der Waals surface area (Å²) in [6.07, 6.45) is 3.82. The SMILES string of the molecule is CN(C)C(=O)CN(C)C(=O)CCC1CCNCC1.Cl. The van der Waals surface area contributed by atoms with Gasteiger partial charge < -0.3 is 15.1 Å². The van der Waals surface area contributed by atoms with E-state index in [1.165, 1.54) is 9.80 Å². The number of halogens is 1. The first-order valence-electron chi connectivity index (χ1n) is 6.65. The minimum absolute atomic E-state index is 0. The molecule has 0 spiro atoms. The van der Waals surface area contributed by atoms with Gasteiger partial charge in [0.05, 0.1) is 6.54 Å². The molecule has 1 aliphatic heterocycles. The Morgan fingerprint density at radius 3 is 2.21 bits per heavy atom. The van der Waals surface area contributed by atoms with E-state index in [4.69, 9.17) is 0 Å². The van der Waals surface area contributed by atoms with Gasteiger partial charge >= 0.3 is 0 Å². The summed E-state index contributed by atoms with van der Waals surface area (Å²) in [6.45, 7) is 2.31. The van der Waals surface area contributed by atoms with Crippen molar-refractivity contribution in [3.8, 4) is 0 Å². The van der Waals surface area contributed by atoms with Gasteiger partial charge in [-0.2, -0.15) is 0 Å². The molecule has 1 saturated heterocycles. The van der Waals surface area contributed by atoms with Crippen LogP contribution in [0.5, 0.6) is 0 Å². The Hall–Kier alpha value is -0.810. The van der Waals surface area contributed by atoms with Gasteiger partial charge in [0.1, 0.15) is 0 Å². The van der Waals surface area contributed by atoms with Gasteiger partial charge in [-0.3, -0.25) is 9.59 Å². The van der Waals surface area contributed by atoms with Gasteiger partial charge in [0.2, 0.25) is 11.8 Å². The van der Waals surface area contributed by atoms with E-state index in [1.807, 2.05) is 0 Å². The normalized spacial score (nSPS) is 15.5. The molecule has 2 amide bonds. The van der Waals surface area contributed by atoms with E-state index in [9.17, 15) is 9.59 Å². The molecular formula is C13H26ClN3O2. The number of carbonyl (C=O) groups is 2. The molecule has 0 bridgehead atoms. The van der Waals surface area contributed by atoms with Crippen molar-refractivity contribution < 1.29 is 9.59 Å². The molecule has 0 atom stereocenters. The zero-order valence-electron chi connectivity index (χ0n) is 12.1. The maximum atomic E-state index is 11.9. The van der Waals surface area contributed by atoms with Crippen molar-refractivity contribution in [2.45, 2.75) is 25.7 Å². The standard InChI is InChI=1S/C13H25N3O2.ClH/c1-15(2)13(18)10-16(3)12(17)5-4-11-6-8-14-9-7-11;/h11,14H,4-10H2,1-3H3;1H. The summed E-state index contributed by atoms with van der Waals surface area (Å²) in [7, 11) is 5.11. The van der Waals surface area contributed by atoms with Crippen LogP contribution in [0.1, 0.15) is 25.7 Å². The van der Waals surface area contributed by atoms with Crippen LogP contribution in [0, 0.1) is 5.92 Å². The van der Waals surface area contributed by atoms with Gasteiger partial charge in [-0.15, -0.1) is 12.4 Å². The molecule has 5 nitrogen and oxygen atoms in total. The summed E-state index contributed by atoms with van der Waals surface area (Å²) in [4.78, 5) is 26.4. The first kappa shape index (κ1) is 18.2. The van der Waals surface area contributed by atoms with Crippen LogP contribution in [0.2, 0.25) is 0 Å². The molecule has 112 valence electrons. The van der Waals surface area contributed by atoms with E-state index in [0.717, 1.165) is 32.4 Å². The van der Waals surface area contributed by atoms with E-state index in [-0.39, 0.29) is 30.8 Å². The molecule has 0 aromatic rings. The predicted molar refractivity (Wildman–Crippen MR) is 78.4 cm³/mol. The van der Waals surface area contributed by atoms with Crippen LogP contribution in [0.4, 0.5) is 0 Å². The maximum absolute atomic E-state index is 11.9. The second-order valence-electron chi connectivity index (χ2n) is 5.27. The molecule has 1 heterocycles. The highest BCUT2D eigenvalue weighted by atomic mass is 35.5. The molecule has 0 unspecified atom stereocenters. The van der Waals surface area contributed by atoms with Gasteiger partial charge in [0, 0.05) is 27.6 Å². The van der Waals surface area contributed by atoms with Crippen LogP contribution in [0.3, 0.4) is 0 Å². The van der Waals surface area contributed by atoms with Crippen LogP contribution in [0.15, 0.2) is 0 Å². The topological polar surface area (TPSA) is 52.7 Å². The number of hydrogen-bond donors (Lipinski definition) is 1. The lowest BCUT2D eigenvalue weighted by Crippen LogP contribution is -2.38. The van der Waals surface area contributed by atoms with Crippen molar-refractivity contribution in [2.24, 2.45) is 5.92 Å². The lowest BCUT2D eigenvalue weighted by Gasteiger charge is -2.24. The summed E-state index contributed by atoms with van der Waals surface area (Å²) in [5.41, 5.74) is 0. The Labute approximate surface area is 122 Å².